The predicted molar refractivity (Wildman–Crippen MR) is 84.4 cm³/mol. The molecular weight excluding hydrogens is 302 g/mol. The van der Waals surface area contributed by atoms with Crippen LogP contribution in [0.25, 0.3) is 10.9 Å². The zero-order valence-electron chi connectivity index (χ0n) is 11.4. The lowest BCUT2D eigenvalue weighted by Crippen LogP contribution is -2.05. The van der Waals surface area contributed by atoms with Crippen LogP contribution in [0.3, 0.4) is 0 Å². The molecule has 0 radical (unpaired) electrons. The van der Waals surface area contributed by atoms with Gasteiger partial charge in [-0.2, -0.15) is 0 Å². The number of rotatable bonds is 4. The highest BCUT2D eigenvalue weighted by Crippen LogP contribution is 2.31. The van der Waals surface area contributed by atoms with Gasteiger partial charge in [0, 0.05) is 17.0 Å². The number of benzene rings is 2. The summed E-state index contributed by atoms with van der Waals surface area (Å²) < 4.78 is 5.77. The first-order valence-electron chi connectivity index (χ1n) is 6.64. The van der Waals surface area contributed by atoms with Gasteiger partial charge in [-0.15, -0.1) is 0 Å². The summed E-state index contributed by atoms with van der Waals surface area (Å²) in [5, 5.41) is 9.89. The maximum atomic E-state index is 11.2. The molecule has 3 aromatic rings. The maximum Gasteiger partial charge on any atom is 0.354 e. The highest BCUT2D eigenvalue weighted by molar-refractivity contribution is 6.20. The first kappa shape index (κ1) is 14.4. The van der Waals surface area contributed by atoms with Gasteiger partial charge in [0.25, 0.3) is 0 Å². The van der Waals surface area contributed by atoms with Crippen LogP contribution in [0.1, 0.15) is 21.6 Å². The number of nitrogens with zero attached hydrogens (tertiary/aromatic N) is 1. The van der Waals surface area contributed by atoms with Crippen molar-refractivity contribution in [1.29, 1.82) is 0 Å². The number of hydrogen-bond donors (Lipinski definition) is 1. The van der Waals surface area contributed by atoms with E-state index in [9.17, 15) is 4.79 Å². The minimum atomic E-state index is -1.11. The number of pyridine rings is 1. The number of aromatic carboxylic acids is 1. The Morgan fingerprint density at radius 2 is 1.77 bits per heavy atom. The molecule has 0 saturated carbocycles. The first-order chi connectivity index (χ1) is 10.6. The number of hydrogen-bond acceptors (Lipinski definition) is 3. The molecule has 1 heterocycles. The number of halogens is 1. The third kappa shape index (κ3) is 2.87. The van der Waals surface area contributed by atoms with Crippen LogP contribution in [-0.2, 0) is 0 Å². The van der Waals surface area contributed by atoms with E-state index < -0.39 is 11.5 Å². The maximum absolute atomic E-state index is 11.2. The molecule has 2 aromatic carbocycles. The summed E-state index contributed by atoms with van der Waals surface area (Å²) in [5.41, 5.74) is 0.551. The third-order valence-corrected chi connectivity index (χ3v) is 3.53. The van der Waals surface area contributed by atoms with E-state index in [1.54, 1.807) is 12.1 Å². The van der Waals surface area contributed by atoms with E-state index in [2.05, 4.69) is 4.98 Å². The molecule has 1 unspecified atom stereocenters. The van der Waals surface area contributed by atoms with Crippen molar-refractivity contribution in [2.24, 2.45) is 0 Å². The van der Waals surface area contributed by atoms with Gasteiger partial charge in [-0.05, 0) is 12.1 Å². The van der Waals surface area contributed by atoms with Gasteiger partial charge in [0.2, 0.25) is 0 Å². The SMILES string of the molecule is O=C(O)c1cc(OC(Cl)c2ccccc2)c2ccccc2n1. The molecule has 0 bridgehead atoms. The molecule has 4 nitrogen and oxygen atoms in total. The summed E-state index contributed by atoms with van der Waals surface area (Å²) >= 11 is 6.28. The van der Waals surface area contributed by atoms with E-state index in [0.29, 0.717) is 16.7 Å². The number of aromatic nitrogens is 1. The molecular formula is C17H12ClNO3. The average Bonchev–Trinajstić information content (AvgIpc) is 2.55. The number of carboxylic acids is 1. The first-order valence-corrected chi connectivity index (χ1v) is 7.07. The van der Waals surface area contributed by atoms with Crippen LogP contribution < -0.4 is 4.74 Å². The van der Waals surface area contributed by atoms with Crippen LogP contribution in [0.5, 0.6) is 5.75 Å². The Balaban J connectivity index is 2.04. The molecule has 1 atom stereocenters. The van der Waals surface area contributed by atoms with Crippen LogP contribution in [0.15, 0.2) is 60.7 Å². The second-order valence-corrected chi connectivity index (χ2v) is 5.07. The number of para-hydroxylation sites is 1. The summed E-state index contributed by atoms with van der Waals surface area (Å²) in [7, 11) is 0. The summed E-state index contributed by atoms with van der Waals surface area (Å²) in [4.78, 5) is 15.3. The molecule has 0 saturated heterocycles. The summed E-state index contributed by atoms with van der Waals surface area (Å²) in [6.45, 7) is 0. The van der Waals surface area contributed by atoms with Gasteiger partial charge < -0.3 is 9.84 Å². The number of ether oxygens (including phenoxy) is 1. The largest absolute Gasteiger partial charge is 0.477 e. The zero-order valence-corrected chi connectivity index (χ0v) is 12.2. The molecule has 1 aromatic heterocycles. The molecule has 1 N–H and O–H groups in total. The van der Waals surface area contributed by atoms with Gasteiger partial charge in [0.15, 0.2) is 11.3 Å². The Morgan fingerprint density at radius 3 is 2.50 bits per heavy atom. The van der Waals surface area contributed by atoms with Gasteiger partial charge in [-0.1, -0.05) is 54.1 Å². The standard InChI is InChI=1S/C17H12ClNO3/c18-16(11-6-2-1-3-7-11)22-15-10-14(17(20)21)19-13-9-5-4-8-12(13)15/h1-10,16H,(H,20,21). The van der Waals surface area contributed by atoms with E-state index in [4.69, 9.17) is 21.4 Å². The second-order valence-electron chi connectivity index (χ2n) is 4.67. The lowest BCUT2D eigenvalue weighted by atomic mass is 10.1. The van der Waals surface area contributed by atoms with Crippen molar-refractivity contribution in [1.82, 2.24) is 4.98 Å². The Kier molecular flexibility index (Phi) is 3.94. The van der Waals surface area contributed by atoms with Crippen molar-refractivity contribution in [2.75, 3.05) is 0 Å². The van der Waals surface area contributed by atoms with Gasteiger partial charge in [-0.3, -0.25) is 0 Å². The van der Waals surface area contributed by atoms with Gasteiger partial charge in [0.05, 0.1) is 5.52 Å². The molecule has 0 aliphatic rings. The van der Waals surface area contributed by atoms with Gasteiger partial charge >= 0.3 is 5.97 Å². The minimum absolute atomic E-state index is 0.0781. The minimum Gasteiger partial charge on any atom is -0.477 e. The van der Waals surface area contributed by atoms with Crippen molar-refractivity contribution in [2.45, 2.75) is 5.56 Å². The Labute approximate surface area is 131 Å². The molecule has 5 heteroatoms. The normalized spacial score (nSPS) is 12.0. The van der Waals surface area contributed by atoms with Crippen molar-refractivity contribution in [3.8, 4) is 5.75 Å². The van der Waals surface area contributed by atoms with E-state index in [-0.39, 0.29) is 5.69 Å². The van der Waals surface area contributed by atoms with Crippen LogP contribution in [0.2, 0.25) is 0 Å². The van der Waals surface area contributed by atoms with Crippen LogP contribution in [0.4, 0.5) is 0 Å². The summed E-state index contributed by atoms with van der Waals surface area (Å²) in [6, 6.07) is 17.9. The summed E-state index contributed by atoms with van der Waals surface area (Å²) in [6.07, 6.45) is 0. The number of carboxylic acid groups (broad SMARTS) is 1. The average molecular weight is 314 g/mol. The lowest BCUT2D eigenvalue weighted by molar-refractivity contribution is 0.0690. The van der Waals surface area contributed by atoms with Crippen molar-refractivity contribution in [3.63, 3.8) is 0 Å². The number of fused-ring (bicyclic) bond motifs is 1. The fraction of sp³-hybridized carbons (Fsp3) is 0.0588. The van der Waals surface area contributed by atoms with Gasteiger partial charge in [0.1, 0.15) is 5.75 Å². The van der Waals surface area contributed by atoms with Gasteiger partial charge in [-0.25, -0.2) is 9.78 Å². The van der Waals surface area contributed by atoms with E-state index >= 15 is 0 Å². The molecule has 3 rings (SSSR count). The molecule has 0 spiro atoms. The predicted octanol–water partition coefficient (Wildman–Crippen LogP) is 4.25. The monoisotopic (exact) mass is 313 g/mol. The Hall–Kier alpha value is -2.59. The Morgan fingerprint density at radius 1 is 1.09 bits per heavy atom. The Bertz CT molecular complexity index is 821. The van der Waals surface area contributed by atoms with Crippen molar-refractivity contribution < 1.29 is 14.6 Å². The molecule has 22 heavy (non-hydrogen) atoms. The van der Waals surface area contributed by atoms with Crippen molar-refractivity contribution >= 4 is 28.5 Å². The fourth-order valence-electron chi connectivity index (χ4n) is 2.13. The second kappa shape index (κ2) is 6.03. The number of carbonyl (C=O) groups is 1. The third-order valence-electron chi connectivity index (χ3n) is 3.19. The number of alkyl halides is 1. The highest BCUT2D eigenvalue weighted by Gasteiger charge is 2.15. The van der Waals surface area contributed by atoms with Crippen molar-refractivity contribution in [3.05, 3.63) is 71.9 Å². The molecule has 0 fully saturated rings. The van der Waals surface area contributed by atoms with Crippen LogP contribution in [-0.4, -0.2) is 16.1 Å². The smallest absolute Gasteiger partial charge is 0.354 e. The molecule has 0 aliphatic carbocycles. The van der Waals surface area contributed by atoms with Crippen LogP contribution >= 0.6 is 11.6 Å². The highest BCUT2D eigenvalue weighted by atomic mass is 35.5. The van der Waals surface area contributed by atoms with E-state index in [0.717, 1.165) is 5.56 Å². The fourth-order valence-corrected chi connectivity index (χ4v) is 2.38. The van der Waals surface area contributed by atoms with Crippen LogP contribution in [0, 0.1) is 0 Å². The molecule has 110 valence electrons. The van der Waals surface area contributed by atoms with E-state index in [1.807, 2.05) is 42.5 Å². The zero-order chi connectivity index (χ0) is 15.5. The quantitative estimate of drug-likeness (QED) is 0.731. The molecule has 0 aliphatic heterocycles. The topological polar surface area (TPSA) is 59.4 Å². The lowest BCUT2D eigenvalue weighted by Gasteiger charge is -2.15. The molecule has 0 amide bonds. The summed E-state index contributed by atoms with van der Waals surface area (Å²) in [5.74, 6) is -0.715. The van der Waals surface area contributed by atoms with E-state index in [1.165, 1.54) is 6.07 Å².